The van der Waals surface area contributed by atoms with Crippen LogP contribution < -0.4 is 5.32 Å². The molecule has 0 radical (unpaired) electrons. The molecule has 3 aliphatic heterocycles. The molecule has 13 heteroatoms. The van der Waals surface area contributed by atoms with Crippen LogP contribution in [-0.2, 0) is 17.9 Å². The van der Waals surface area contributed by atoms with Crippen molar-refractivity contribution in [3.8, 4) is 0 Å². The van der Waals surface area contributed by atoms with E-state index in [1.807, 2.05) is 28.8 Å². The number of fused-ring (bicyclic) bond motifs is 1. The summed E-state index contributed by atoms with van der Waals surface area (Å²) in [6.07, 6.45) is 3.62. The van der Waals surface area contributed by atoms with Gasteiger partial charge in [-0.25, -0.2) is 31.7 Å². The molecule has 41 heavy (non-hydrogen) atoms. The maximum Gasteiger partial charge on any atom is 0.320 e. The van der Waals surface area contributed by atoms with Crippen LogP contribution in [0.2, 0.25) is 0 Å². The summed E-state index contributed by atoms with van der Waals surface area (Å²) in [5, 5.41) is 3.30. The average molecular weight is 571 g/mol. The van der Waals surface area contributed by atoms with Gasteiger partial charge < -0.3 is 19.7 Å². The van der Waals surface area contributed by atoms with E-state index < -0.39 is 43.2 Å². The highest BCUT2D eigenvalue weighted by Crippen LogP contribution is 2.40. The zero-order valence-electron chi connectivity index (χ0n) is 21.5. The van der Waals surface area contributed by atoms with Crippen molar-refractivity contribution < 1.29 is 31.5 Å². The zero-order chi connectivity index (χ0) is 28.7. The lowest BCUT2D eigenvalue weighted by Crippen LogP contribution is -2.57. The Bertz CT molecular complexity index is 1780. The lowest BCUT2D eigenvalue weighted by atomic mass is 9.98. The molecule has 4 aromatic rings. The van der Waals surface area contributed by atoms with Crippen molar-refractivity contribution in [3.63, 3.8) is 0 Å². The van der Waals surface area contributed by atoms with Crippen LogP contribution in [0.15, 0.2) is 48.9 Å². The maximum absolute atomic E-state index is 15.0. The number of aromatic nitrogens is 3. The van der Waals surface area contributed by atoms with E-state index >= 15 is 4.39 Å². The Labute approximate surface area is 229 Å². The van der Waals surface area contributed by atoms with Crippen LogP contribution in [0, 0.1) is 5.82 Å². The van der Waals surface area contributed by atoms with E-state index in [4.69, 9.17) is 0 Å². The lowest BCUT2D eigenvalue weighted by molar-refractivity contribution is -0.162. The molecule has 0 saturated carbocycles. The van der Waals surface area contributed by atoms with Crippen LogP contribution >= 0.6 is 0 Å². The third kappa shape index (κ3) is 4.21. The molecule has 0 aliphatic carbocycles. The minimum absolute atomic E-state index is 0.0113. The molecule has 0 atom stereocenters. The number of hydrogen-bond donors (Lipinski definition) is 1. The number of piperidine rings is 1. The van der Waals surface area contributed by atoms with Gasteiger partial charge in [0.15, 0.2) is 0 Å². The third-order valence-corrected chi connectivity index (χ3v) is 7.84. The summed E-state index contributed by atoms with van der Waals surface area (Å²) in [4.78, 5) is 32.4. The number of hydrogen-bond acceptors (Lipinski definition) is 3. The van der Waals surface area contributed by atoms with Crippen molar-refractivity contribution in [1.82, 2.24) is 29.1 Å². The average Bonchev–Trinajstić information content (AvgIpc) is 3.55. The maximum atomic E-state index is 15.0. The van der Waals surface area contributed by atoms with Crippen LogP contribution in [0.5, 0.6) is 0 Å². The standard InChI is InChI=1S/C28H23F5N6O2/c29-17-7-16-11-37(26(41)38-14-27(30,31)13-28(32,33)15-38)6-5-36-12-20(18(8-17)24(16)36)23-19(9-35-25(23)40)21-10-34-22-3-1-2-4-39(21)22/h1-4,7-8,10,12H,5-6,9,11,13-15H2,(H,35,40). The summed E-state index contributed by atoms with van der Waals surface area (Å²) in [6, 6.07) is 7.14. The fourth-order valence-corrected chi connectivity index (χ4v) is 6.24. The van der Waals surface area contributed by atoms with Crippen molar-refractivity contribution >= 4 is 39.6 Å². The molecule has 0 spiro atoms. The van der Waals surface area contributed by atoms with Gasteiger partial charge in [-0.1, -0.05) is 6.07 Å². The SMILES string of the molecule is O=C1NCC(c2cnc3ccccn23)=C1c1cn2c3c(cc(F)cc13)CN(C(=O)N1CC(F)(F)CC(F)(F)C1)CC2. The number of alkyl halides is 4. The highest BCUT2D eigenvalue weighted by Gasteiger charge is 2.52. The van der Waals surface area contributed by atoms with Gasteiger partial charge in [0.1, 0.15) is 11.5 Å². The monoisotopic (exact) mass is 570 g/mol. The minimum Gasteiger partial charge on any atom is -0.348 e. The Kier molecular flexibility index (Phi) is 5.47. The van der Waals surface area contributed by atoms with Gasteiger partial charge >= 0.3 is 6.03 Å². The number of likely N-dealkylation sites (tertiary alicyclic amines) is 1. The summed E-state index contributed by atoms with van der Waals surface area (Å²) >= 11 is 0. The quantitative estimate of drug-likeness (QED) is 0.364. The zero-order valence-corrected chi connectivity index (χ0v) is 21.5. The summed E-state index contributed by atoms with van der Waals surface area (Å²) in [5.74, 6) is -8.38. The van der Waals surface area contributed by atoms with Crippen LogP contribution in [0.4, 0.5) is 26.7 Å². The molecule has 1 N–H and O–H groups in total. The number of amides is 3. The molecule has 3 amide bonds. The fourth-order valence-electron chi connectivity index (χ4n) is 6.24. The van der Waals surface area contributed by atoms with Gasteiger partial charge in [0.2, 0.25) is 0 Å². The second-order valence-corrected chi connectivity index (χ2v) is 10.8. The second kappa shape index (κ2) is 8.79. The van der Waals surface area contributed by atoms with E-state index in [1.165, 1.54) is 17.0 Å². The van der Waals surface area contributed by atoms with Gasteiger partial charge in [-0.3, -0.25) is 9.20 Å². The normalized spacial score (nSPS) is 20.2. The molecule has 3 aromatic heterocycles. The van der Waals surface area contributed by atoms with Crippen molar-refractivity contribution in [2.45, 2.75) is 31.4 Å². The molecule has 1 aromatic carbocycles. The van der Waals surface area contributed by atoms with Gasteiger partial charge in [0.25, 0.3) is 17.8 Å². The predicted molar refractivity (Wildman–Crippen MR) is 139 cm³/mol. The molecule has 6 heterocycles. The van der Waals surface area contributed by atoms with Crippen LogP contribution in [0.3, 0.4) is 0 Å². The van der Waals surface area contributed by atoms with Gasteiger partial charge in [0.05, 0.1) is 42.5 Å². The molecule has 8 nitrogen and oxygen atoms in total. The van der Waals surface area contributed by atoms with E-state index in [1.54, 1.807) is 17.0 Å². The number of halogens is 5. The number of rotatable bonds is 2. The van der Waals surface area contributed by atoms with Gasteiger partial charge in [0, 0.05) is 55.1 Å². The van der Waals surface area contributed by atoms with Crippen molar-refractivity contribution in [2.24, 2.45) is 0 Å². The fraction of sp³-hybridized carbons (Fsp3) is 0.321. The van der Waals surface area contributed by atoms with E-state index in [2.05, 4.69) is 10.3 Å². The van der Waals surface area contributed by atoms with Crippen LogP contribution in [-0.4, -0.2) is 73.7 Å². The Morgan fingerprint density at radius 2 is 1.80 bits per heavy atom. The molecule has 1 saturated heterocycles. The van der Waals surface area contributed by atoms with Gasteiger partial charge in [-0.15, -0.1) is 0 Å². The second-order valence-electron chi connectivity index (χ2n) is 10.8. The largest absolute Gasteiger partial charge is 0.348 e. The van der Waals surface area contributed by atoms with Crippen molar-refractivity contribution in [2.75, 3.05) is 26.2 Å². The number of benzene rings is 1. The summed E-state index contributed by atoms with van der Waals surface area (Å²) < 4.78 is 74.7. The number of carbonyl (C=O) groups is 2. The number of carbonyl (C=O) groups excluding carboxylic acids is 2. The highest BCUT2D eigenvalue weighted by atomic mass is 19.3. The van der Waals surface area contributed by atoms with E-state index in [0.717, 1.165) is 0 Å². The molecular formula is C28H23F5N6O2. The molecule has 7 rings (SSSR count). The van der Waals surface area contributed by atoms with Crippen molar-refractivity contribution in [3.05, 3.63) is 71.6 Å². The van der Waals surface area contributed by atoms with Gasteiger partial charge in [-0.2, -0.15) is 0 Å². The first-order chi connectivity index (χ1) is 19.5. The predicted octanol–water partition coefficient (Wildman–Crippen LogP) is 4.38. The Hall–Kier alpha value is -4.42. The smallest absolute Gasteiger partial charge is 0.320 e. The topological polar surface area (TPSA) is 74.9 Å². The van der Waals surface area contributed by atoms with E-state index in [9.17, 15) is 27.2 Å². The number of imidazole rings is 1. The Morgan fingerprint density at radius 3 is 2.59 bits per heavy atom. The molecule has 0 bridgehead atoms. The van der Waals surface area contributed by atoms with Gasteiger partial charge in [-0.05, 0) is 29.8 Å². The number of nitrogens with one attached hydrogen (secondary N) is 1. The first kappa shape index (κ1) is 25.5. The summed E-state index contributed by atoms with van der Waals surface area (Å²) in [5.41, 5.74) is 3.95. The first-order valence-corrected chi connectivity index (χ1v) is 13.0. The van der Waals surface area contributed by atoms with Crippen molar-refractivity contribution in [1.29, 1.82) is 0 Å². The number of pyridine rings is 1. The number of nitrogens with zero attached hydrogens (tertiary/aromatic N) is 5. The highest BCUT2D eigenvalue weighted by molar-refractivity contribution is 6.32. The number of urea groups is 1. The Balaban J connectivity index is 1.30. The van der Waals surface area contributed by atoms with Crippen LogP contribution in [0.25, 0.3) is 27.7 Å². The first-order valence-electron chi connectivity index (χ1n) is 13.0. The minimum atomic E-state index is -3.72. The molecular weight excluding hydrogens is 547 g/mol. The summed E-state index contributed by atoms with van der Waals surface area (Å²) in [7, 11) is 0. The molecule has 1 fully saturated rings. The van der Waals surface area contributed by atoms with Crippen LogP contribution in [0.1, 0.15) is 23.2 Å². The molecule has 3 aliphatic rings. The molecule has 212 valence electrons. The molecule has 0 unspecified atom stereocenters. The van der Waals surface area contributed by atoms with E-state index in [0.29, 0.717) is 49.4 Å². The summed E-state index contributed by atoms with van der Waals surface area (Å²) in [6.45, 7) is -1.95. The lowest BCUT2D eigenvalue weighted by Gasteiger charge is -2.39. The van der Waals surface area contributed by atoms with E-state index in [-0.39, 0.29) is 32.1 Å². The third-order valence-electron chi connectivity index (χ3n) is 7.84. The Morgan fingerprint density at radius 1 is 1.02 bits per heavy atom.